The zero-order valence-corrected chi connectivity index (χ0v) is 13.5. The number of nitrogens with one attached hydrogen (secondary N) is 1. The number of benzene rings is 2. The van der Waals surface area contributed by atoms with Gasteiger partial charge in [-0.25, -0.2) is 4.39 Å². The number of amides is 1. The molecule has 0 saturated carbocycles. The van der Waals surface area contributed by atoms with Gasteiger partial charge < -0.3 is 5.32 Å². The van der Waals surface area contributed by atoms with Crippen molar-refractivity contribution in [2.45, 2.75) is 19.9 Å². The van der Waals surface area contributed by atoms with Crippen LogP contribution in [0.15, 0.2) is 53.0 Å². The smallest absolute Gasteiger partial charge is 0.253 e. The maximum absolute atomic E-state index is 13.5. The van der Waals surface area contributed by atoms with Crippen molar-refractivity contribution >= 4 is 21.8 Å². The Hall–Kier alpha value is -1.68. The first-order chi connectivity index (χ1) is 10.0. The molecule has 2 aromatic carbocycles. The van der Waals surface area contributed by atoms with E-state index < -0.39 is 5.82 Å². The summed E-state index contributed by atoms with van der Waals surface area (Å²) in [5.74, 6) is -0.504. The van der Waals surface area contributed by atoms with Crippen LogP contribution in [0.5, 0.6) is 0 Å². The highest BCUT2D eigenvalue weighted by Gasteiger charge is 2.21. The van der Waals surface area contributed by atoms with Crippen molar-refractivity contribution in [2.75, 3.05) is 0 Å². The number of rotatable bonds is 4. The molecule has 0 radical (unpaired) electrons. The van der Waals surface area contributed by atoms with Crippen LogP contribution < -0.4 is 5.32 Å². The quantitative estimate of drug-likeness (QED) is 0.850. The average molecular weight is 350 g/mol. The number of carbonyl (C=O) groups is 1. The summed E-state index contributed by atoms with van der Waals surface area (Å²) >= 11 is 3.13. The summed E-state index contributed by atoms with van der Waals surface area (Å²) in [6.45, 7) is 4.08. The van der Waals surface area contributed by atoms with Gasteiger partial charge in [-0.3, -0.25) is 4.79 Å². The van der Waals surface area contributed by atoms with Crippen LogP contribution in [0, 0.1) is 11.7 Å². The fourth-order valence-electron chi connectivity index (χ4n) is 2.19. The Morgan fingerprint density at radius 3 is 2.38 bits per heavy atom. The second-order valence-electron chi connectivity index (χ2n) is 5.21. The van der Waals surface area contributed by atoms with E-state index in [0.29, 0.717) is 5.56 Å². The Balaban J connectivity index is 2.25. The minimum Gasteiger partial charge on any atom is -0.345 e. The summed E-state index contributed by atoms with van der Waals surface area (Å²) < 4.78 is 13.7. The lowest BCUT2D eigenvalue weighted by molar-refractivity contribution is 0.0924. The zero-order chi connectivity index (χ0) is 15.4. The zero-order valence-electron chi connectivity index (χ0n) is 11.9. The fraction of sp³-hybridized carbons (Fsp3) is 0.235. The van der Waals surface area contributed by atoms with Gasteiger partial charge in [0, 0.05) is 0 Å². The second kappa shape index (κ2) is 6.85. The predicted octanol–water partition coefficient (Wildman–Crippen LogP) is 4.72. The summed E-state index contributed by atoms with van der Waals surface area (Å²) in [5, 5.41) is 2.98. The predicted molar refractivity (Wildman–Crippen MR) is 85.6 cm³/mol. The summed E-state index contributed by atoms with van der Waals surface area (Å²) in [4.78, 5) is 12.4. The Morgan fingerprint density at radius 2 is 1.76 bits per heavy atom. The number of hydrogen-bond acceptors (Lipinski definition) is 1. The molecule has 4 heteroatoms. The molecule has 1 unspecified atom stereocenters. The van der Waals surface area contributed by atoms with E-state index in [0.717, 1.165) is 5.56 Å². The van der Waals surface area contributed by atoms with E-state index >= 15 is 0 Å². The molecule has 1 atom stereocenters. The summed E-state index contributed by atoms with van der Waals surface area (Å²) in [6, 6.07) is 14.1. The van der Waals surface area contributed by atoms with E-state index in [1.807, 2.05) is 44.2 Å². The van der Waals surface area contributed by atoms with E-state index in [4.69, 9.17) is 0 Å². The third-order valence-electron chi connectivity index (χ3n) is 3.31. The Kier molecular flexibility index (Phi) is 5.12. The molecule has 2 aromatic rings. The normalized spacial score (nSPS) is 12.2. The van der Waals surface area contributed by atoms with Crippen LogP contribution in [0.25, 0.3) is 0 Å². The van der Waals surface area contributed by atoms with Gasteiger partial charge in [-0.1, -0.05) is 50.2 Å². The average Bonchev–Trinajstić information content (AvgIpc) is 2.48. The summed E-state index contributed by atoms with van der Waals surface area (Å²) in [5.41, 5.74) is 1.34. The molecule has 2 nitrogen and oxygen atoms in total. The van der Waals surface area contributed by atoms with Gasteiger partial charge in [-0.05, 0) is 39.5 Å². The monoisotopic (exact) mass is 349 g/mol. The first-order valence-electron chi connectivity index (χ1n) is 6.80. The summed E-state index contributed by atoms with van der Waals surface area (Å²) in [7, 11) is 0. The van der Waals surface area contributed by atoms with Crippen LogP contribution in [0.2, 0.25) is 0 Å². The second-order valence-corrected chi connectivity index (χ2v) is 6.00. The first kappa shape index (κ1) is 15.7. The Morgan fingerprint density at radius 1 is 1.10 bits per heavy atom. The van der Waals surface area contributed by atoms with Crippen molar-refractivity contribution in [3.8, 4) is 0 Å². The van der Waals surface area contributed by atoms with Gasteiger partial charge in [-0.2, -0.15) is 0 Å². The van der Waals surface area contributed by atoms with Crippen molar-refractivity contribution in [2.24, 2.45) is 5.92 Å². The lowest BCUT2D eigenvalue weighted by atomic mass is 9.95. The summed E-state index contributed by atoms with van der Waals surface area (Å²) in [6.07, 6.45) is 0. The van der Waals surface area contributed by atoms with Gasteiger partial charge in [0.2, 0.25) is 0 Å². The molecule has 0 heterocycles. The maximum Gasteiger partial charge on any atom is 0.253 e. The molecule has 0 fully saturated rings. The van der Waals surface area contributed by atoms with Gasteiger partial charge in [-0.15, -0.1) is 0 Å². The standard InChI is InChI=1S/C17H17BrFNO/c1-11(2)16(12-7-4-3-5-8-12)20-17(21)13-9-6-10-14(19)15(13)18/h3-11,16H,1-2H3,(H,20,21). The van der Waals surface area contributed by atoms with Gasteiger partial charge >= 0.3 is 0 Å². The molecule has 2 rings (SSSR count). The molecule has 0 saturated heterocycles. The Bertz CT molecular complexity index is 628. The van der Waals surface area contributed by atoms with Crippen molar-refractivity contribution in [1.82, 2.24) is 5.32 Å². The Labute approximate surface area is 132 Å². The van der Waals surface area contributed by atoms with Gasteiger partial charge in [0.25, 0.3) is 5.91 Å². The fourth-order valence-corrected chi connectivity index (χ4v) is 2.64. The molecule has 0 aliphatic heterocycles. The van der Waals surface area contributed by atoms with E-state index in [1.54, 1.807) is 6.07 Å². The molecular formula is C17H17BrFNO. The highest BCUT2D eigenvalue weighted by atomic mass is 79.9. The van der Waals surface area contributed by atoms with Crippen molar-refractivity contribution in [1.29, 1.82) is 0 Å². The van der Waals surface area contributed by atoms with Crippen molar-refractivity contribution in [3.05, 3.63) is 69.9 Å². The molecule has 21 heavy (non-hydrogen) atoms. The molecule has 0 aromatic heterocycles. The molecule has 0 spiro atoms. The van der Waals surface area contributed by atoms with Crippen LogP contribution in [-0.2, 0) is 0 Å². The minimum absolute atomic E-state index is 0.117. The van der Waals surface area contributed by atoms with Crippen LogP contribution in [-0.4, -0.2) is 5.91 Å². The highest BCUT2D eigenvalue weighted by Crippen LogP contribution is 2.24. The number of carbonyl (C=O) groups excluding carboxylic acids is 1. The van der Waals surface area contributed by atoms with E-state index in [1.165, 1.54) is 12.1 Å². The molecule has 0 aliphatic rings. The van der Waals surface area contributed by atoms with Crippen LogP contribution in [0.4, 0.5) is 4.39 Å². The molecule has 1 N–H and O–H groups in total. The van der Waals surface area contributed by atoms with Crippen molar-refractivity contribution < 1.29 is 9.18 Å². The number of hydrogen-bond donors (Lipinski definition) is 1. The third-order valence-corrected chi connectivity index (χ3v) is 4.11. The lowest BCUT2D eigenvalue weighted by Gasteiger charge is -2.23. The van der Waals surface area contributed by atoms with Crippen LogP contribution in [0.1, 0.15) is 35.8 Å². The van der Waals surface area contributed by atoms with E-state index in [-0.39, 0.29) is 22.3 Å². The third kappa shape index (κ3) is 3.70. The van der Waals surface area contributed by atoms with Gasteiger partial charge in [0.05, 0.1) is 16.1 Å². The molecule has 1 amide bonds. The van der Waals surface area contributed by atoms with Gasteiger partial charge in [0.15, 0.2) is 0 Å². The topological polar surface area (TPSA) is 29.1 Å². The molecule has 110 valence electrons. The van der Waals surface area contributed by atoms with Gasteiger partial charge in [0.1, 0.15) is 5.82 Å². The molecular weight excluding hydrogens is 333 g/mol. The molecule has 0 bridgehead atoms. The van der Waals surface area contributed by atoms with E-state index in [9.17, 15) is 9.18 Å². The minimum atomic E-state index is -0.441. The maximum atomic E-state index is 13.5. The highest BCUT2D eigenvalue weighted by molar-refractivity contribution is 9.10. The lowest BCUT2D eigenvalue weighted by Crippen LogP contribution is -2.32. The van der Waals surface area contributed by atoms with Crippen LogP contribution in [0.3, 0.4) is 0 Å². The van der Waals surface area contributed by atoms with Crippen molar-refractivity contribution in [3.63, 3.8) is 0 Å². The number of halogens is 2. The van der Waals surface area contributed by atoms with Crippen LogP contribution >= 0.6 is 15.9 Å². The largest absolute Gasteiger partial charge is 0.345 e. The van der Waals surface area contributed by atoms with E-state index in [2.05, 4.69) is 21.2 Å². The first-order valence-corrected chi connectivity index (χ1v) is 7.60. The molecule has 0 aliphatic carbocycles. The SMILES string of the molecule is CC(C)C(NC(=O)c1cccc(F)c1Br)c1ccccc1.